The van der Waals surface area contributed by atoms with Gasteiger partial charge in [-0.3, -0.25) is 33.7 Å². The van der Waals surface area contributed by atoms with Crippen LogP contribution >= 0.6 is 11.3 Å². The highest BCUT2D eigenvalue weighted by Crippen LogP contribution is 2.34. The molecule has 424 valence electrons. The molecule has 17 nitrogen and oxygen atoms in total. The van der Waals surface area contributed by atoms with E-state index in [1.54, 1.807) is 28.5 Å². The fourth-order valence-corrected chi connectivity index (χ4v) is 13.6. The van der Waals surface area contributed by atoms with Crippen molar-refractivity contribution in [2.75, 3.05) is 75.1 Å². The minimum Gasteiger partial charge on any atom is -0.369 e. The topological polar surface area (TPSA) is 196 Å². The fourth-order valence-electron chi connectivity index (χ4n) is 11.5. The summed E-state index contributed by atoms with van der Waals surface area (Å²) >= 11 is 1.59. The van der Waals surface area contributed by atoms with E-state index >= 15 is 8.78 Å². The van der Waals surface area contributed by atoms with Gasteiger partial charge < -0.3 is 25.4 Å². The van der Waals surface area contributed by atoms with Crippen LogP contribution in [0.1, 0.15) is 93.0 Å². The van der Waals surface area contributed by atoms with Gasteiger partial charge in [0.15, 0.2) is 5.82 Å². The molecule has 22 heteroatoms. The number of alkyl halides is 1. The predicted octanol–water partition coefficient (Wildman–Crippen LogP) is 7.86. The van der Waals surface area contributed by atoms with Crippen LogP contribution in [0.15, 0.2) is 84.6 Å². The predicted molar refractivity (Wildman–Crippen MR) is 303 cm³/mol. The van der Waals surface area contributed by atoms with Crippen molar-refractivity contribution in [3.8, 4) is 21.6 Å². The van der Waals surface area contributed by atoms with Crippen LogP contribution in [0.25, 0.3) is 32.6 Å². The molecule has 4 aliphatic heterocycles. The highest BCUT2D eigenvalue weighted by atomic mass is 32.2. The van der Waals surface area contributed by atoms with Crippen LogP contribution in [0.4, 0.5) is 24.5 Å². The number of piperazine rings is 1. The minimum absolute atomic E-state index is 0.00343. The van der Waals surface area contributed by atoms with Crippen molar-refractivity contribution in [2.45, 2.75) is 97.1 Å². The average molecular weight is 1140 g/mol. The van der Waals surface area contributed by atoms with Gasteiger partial charge in [-0.05, 0) is 98.4 Å². The van der Waals surface area contributed by atoms with Crippen LogP contribution in [0.5, 0.6) is 0 Å². The summed E-state index contributed by atoms with van der Waals surface area (Å²) in [7, 11) is -4.37. The van der Waals surface area contributed by atoms with Crippen molar-refractivity contribution >= 4 is 67.5 Å². The van der Waals surface area contributed by atoms with Gasteiger partial charge >= 0.3 is 10.2 Å². The van der Waals surface area contributed by atoms with Gasteiger partial charge in [0, 0.05) is 99.5 Å². The molecule has 4 N–H and O–H groups in total. The van der Waals surface area contributed by atoms with Crippen molar-refractivity contribution in [2.24, 2.45) is 5.41 Å². The lowest BCUT2D eigenvalue weighted by Gasteiger charge is -2.43. The third-order valence-corrected chi connectivity index (χ3v) is 18.6. The van der Waals surface area contributed by atoms with E-state index in [9.17, 15) is 32.0 Å². The van der Waals surface area contributed by atoms with Crippen LogP contribution in [0.3, 0.4) is 0 Å². The van der Waals surface area contributed by atoms with Crippen LogP contribution < -0.4 is 20.3 Å². The molecule has 0 aliphatic carbocycles. The number of pyridine rings is 1. The SMILES string of the molecule is Cc1ncsc1-c1ccc([C@H](C)NC(=O)[C@@H]2CCCN2C(=O)C(NC(=O)CN2CCC(N3CCN(c4ccc(-c5cnc6[nH]cc(C(=O)c7c(F)ccc(NS(=O)(=O)N8CC[C@@H](F)C8)c7F)c6c5)cc4)CC3)CC2)C(C)(C)C)cc1. The highest BCUT2D eigenvalue weighted by Gasteiger charge is 2.43. The van der Waals surface area contributed by atoms with E-state index in [0.29, 0.717) is 42.0 Å². The summed E-state index contributed by atoms with van der Waals surface area (Å²) in [6.45, 7) is 14.8. The molecule has 0 bridgehead atoms. The number of amides is 3. The van der Waals surface area contributed by atoms with Gasteiger partial charge in [-0.15, -0.1) is 11.3 Å². The van der Waals surface area contributed by atoms with E-state index in [2.05, 4.69) is 40.3 Å². The summed E-state index contributed by atoms with van der Waals surface area (Å²) in [5.41, 5.74) is 5.45. The molecule has 0 saturated carbocycles. The Morgan fingerprint density at radius 3 is 2.21 bits per heavy atom. The molecule has 0 radical (unpaired) electrons. The number of aromatic nitrogens is 3. The number of carbonyl (C=O) groups is 4. The molecule has 4 aliphatic rings. The maximum absolute atomic E-state index is 15.8. The Morgan fingerprint density at radius 2 is 1.55 bits per heavy atom. The Bertz CT molecular complexity index is 3370. The van der Waals surface area contributed by atoms with Crippen LogP contribution in [-0.4, -0.2) is 156 Å². The summed E-state index contributed by atoms with van der Waals surface area (Å²) < 4.78 is 73.4. The van der Waals surface area contributed by atoms with Crippen molar-refractivity contribution < 1.29 is 40.8 Å². The number of anilines is 2. The van der Waals surface area contributed by atoms with E-state index in [0.717, 1.165) is 101 Å². The quantitative estimate of drug-likeness (QED) is 0.0689. The maximum atomic E-state index is 15.8. The molecule has 3 amide bonds. The zero-order valence-corrected chi connectivity index (χ0v) is 47.2. The lowest BCUT2D eigenvalue weighted by Crippen LogP contribution is -2.59. The van der Waals surface area contributed by atoms with Gasteiger partial charge in [-0.25, -0.2) is 23.1 Å². The van der Waals surface area contributed by atoms with E-state index < -0.39 is 69.1 Å². The van der Waals surface area contributed by atoms with Gasteiger partial charge in [0.2, 0.25) is 23.5 Å². The molecule has 0 spiro atoms. The largest absolute Gasteiger partial charge is 0.369 e. The molecule has 3 aromatic heterocycles. The Morgan fingerprint density at radius 1 is 0.838 bits per heavy atom. The number of piperidine rings is 1. The first-order valence-corrected chi connectivity index (χ1v) is 29.7. The zero-order valence-electron chi connectivity index (χ0n) is 45.6. The number of nitrogens with zero attached hydrogens (tertiary/aromatic N) is 7. The Labute approximate surface area is 468 Å². The van der Waals surface area contributed by atoms with Gasteiger partial charge in [-0.1, -0.05) is 57.2 Å². The lowest BCUT2D eigenvalue weighted by atomic mass is 9.85. The third-order valence-electron chi connectivity index (χ3n) is 16.1. The molecule has 6 aromatic rings. The number of ketones is 1. The second-order valence-electron chi connectivity index (χ2n) is 22.5. The van der Waals surface area contributed by atoms with Gasteiger partial charge in [0.1, 0.15) is 29.7 Å². The molecule has 4 fully saturated rings. The second kappa shape index (κ2) is 23.4. The normalized spacial score (nSPS) is 19.8. The Kier molecular flexibility index (Phi) is 16.5. The number of aromatic amines is 1. The number of aryl methyl sites for hydroxylation is 1. The molecule has 4 saturated heterocycles. The summed E-state index contributed by atoms with van der Waals surface area (Å²) in [5.74, 6) is -4.23. The van der Waals surface area contributed by atoms with Crippen molar-refractivity contribution in [3.05, 3.63) is 119 Å². The molecule has 1 unspecified atom stereocenters. The van der Waals surface area contributed by atoms with Crippen LogP contribution in [0.2, 0.25) is 0 Å². The first-order valence-electron chi connectivity index (χ1n) is 27.4. The number of hydrogen-bond acceptors (Lipinski definition) is 12. The van der Waals surface area contributed by atoms with E-state index in [1.807, 2.05) is 93.4 Å². The number of carbonyl (C=O) groups excluding carboxylic acids is 4. The summed E-state index contributed by atoms with van der Waals surface area (Å²) in [4.78, 5) is 77.1. The monoisotopic (exact) mass is 1140 g/mol. The van der Waals surface area contributed by atoms with Crippen LogP contribution in [-0.2, 0) is 24.6 Å². The number of thiazole rings is 1. The molecule has 7 heterocycles. The average Bonchev–Trinajstić information content (AvgIpc) is 4.29. The molecular weight excluding hydrogens is 1070 g/mol. The Hall–Kier alpha value is -6.72. The zero-order chi connectivity index (χ0) is 56.6. The number of rotatable bonds is 16. The smallest absolute Gasteiger partial charge is 0.301 e. The van der Waals surface area contributed by atoms with Crippen molar-refractivity contribution in [3.63, 3.8) is 0 Å². The summed E-state index contributed by atoms with van der Waals surface area (Å²) in [6, 6.07) is 18.2. The lowest BCUT2D eigenvalue weighted by molar-refractivity contribution is -0.144. The summed E-state index contributed by atoms with van der Waals surface area (Å²) in [5, 5.41) is 6.55. The maximum Gasteiger partial charge on any atom is 0.301 e. The number of fused-ring (bicyclic) bond motifs is 1. The van der Waals surface area contributed by atoms with E-state index in [-0.39, 0.29) is 48.8 Å². The minimum atomic E-state index is -4.37. The molecule has 80 heavy (non-hydrogen) atoms. The first-order chi connectivity index (χ1) is 38.2. The highest BCUT2D eigenvalue weighted by molar-refractivity contribution is 7.90. The van der Waals surface area contributed by atoms with Gasteiger partial charge in [0.05, 0.1) is 39.9 Å². The van der Waals surface area contributed by atoms with Gasteiger partial charge in [-0.2, -0.15) is 12.7 Å². The van der Waals surface area contributed by atoms with Crippen molar-refractivity contribution in [1.82, 2.24) is 44.6 Å². The molecule has 3 aromatic carbocycles. The molecule has 4 atom stereocenters. The molecular formula is C58H68F3N11O6S2. The van der Waals surface area contributed by atoms with Crippen LogP contribution in [0, 0.1) is 24.0 Å². The number of H-pyrrole nitrogens is 1. The standard InChI is InChI=1S/C58H68F3N11O6S2/c1-35(37-8-10-39(11-9-37)53-36(2)64-34-79-53)65-56(75)48-7-6-21-72(48)57(76)54(58(3,4)5)66-49(73)33-68-22-19-43(20-23-68)70-27-25-69(26-28-70)42-14-12-38(13-15-42)40-29-44-45(31-63-55(44)62-30-40)52(74)50-46(60)16-17-47(51(50)61)67-80(77,78)71-24-18-41(59)32-71/h8-17,29-31,34-35,41,43,48,54,67H,6-7,18-28,32-33H2,1-5H3,(H,62,63)(H,65,75)(H,66,73)/t35-,41+,48-,54?/m0/s1. The third kappa shape index (κ3) is 12.1. The van der Waals surface area contributed by atoms with E-state index in [1.165, 1.54) is 6.20 Å². The Balaban J connectivity index is 0.692. The van der Waals surface area contributed by atoms with Gasteiger partial charge in [0.25, 0.3) is 0 Å². The number of nitrogens with one attached hydrogen (secondary N) is 4. The first kappa shape index (κ1) is 56.6. The van der Waals surface area contributed by atoms with Crippen molar-refractivity contribution in [1.29, 1.82) is 0 Å². The summed E-state index contributed by atoms with van der Waals surface area (Å²) in [6.07, 6.45) is 4.67. The number of halogens is 3. The fraction of sp³-hybridized carbons (Fsp3) is 0.448. The second-order valence-corrected chi connectivity index (χ2v) is 25.1. The van der Waals surface area contributed by atoms with E-state index in [4.69, 9.17) is 0 Å². The number of hydrogen-bond donors (Lipinski definition) is 4. The number of benzene rings is 3. The molecule has 10 rings (SSSR count). The number of likely N-dealkylation sites (tertiary alicyclic amines) is 2.